The van der Waals surface area contributed by atoms with Crippen molar-refractivity contribution in [1.82, 2.24) is 9.55 Å². The van der Waals surface area contributed by atoms with Crippen LogP contribution in [0.1, 0.15) is 18.0 Å². The largest absolute Gasteiger partial charge is 0.497 e. The van der Waals surface area contributed by atoms with E-state index in [9.17, 15) is 14.0 Å². The molecule has 1 aliphatic heterocycles. The van der Waals surface area contributed by atoms with Crippen molar-refractivity contribution in [1.29, 1.82) is 0 Å². The number of carbonyl (C=O) groups excluding carboxylic acids is 2. The number of hydrogen-bond donors (Lipinski definition) is 1. The molecule has 1 N–H and O–H groups in total. The quantitative estimate of drug-likeness (QED) is 0.447. The van der Waals surface area contributed by atoms with Crippen LogP contribution in [0.15, 0.2) is 72.8 Å². The summed E-state index contributed by atoms with van der Waals surface area (Å²) in [6.07, 6.45) is 0.579. The van der Waals surface area contributed by atoms with Crippen molar-refractivity contribution in [2.75, 3.05) is 23.9 Å². The lowest BCUT2D eigenvalue weighted by Crippen LogP contribution is -2.33. The molecule has 5 rings (SSSR count). The Balaban J connectivity index is 1.39. The van der Waals surface area contributed by atoms with Crippen LogP contribution in [0.25, 0.3) is 11.0 Å². The smallest absolute Gasteiger partial charge is 0.253 e. The van der Waals surface area contributed by atoms with Crippen LogP contribution >= 0.6 is 0 Å². The lowest BCUT2D eigenvalue weighted by molar-refractivity contribution is -0.124. The Bertz CT molecular complexity index is 1350. The summed E-state index contributed by atoms with van der Waals surface area (Å²) in [6.45, 7) is 0.435. The number of fused-ring (bicyclic) bond motifs is 3. The predicted octanol–water partition coefficient (Wildman–Crippen LogP) is 4.34. The summed E-state index contributed by atoms with van der Waals surface area (Å²) in [5.74, 6) is 0.432. The van der Waals surface area contributed by atoms with Crippen LogP contribution < -0.4 is 15.0 Å². The summed E-state index contributed by atoms with van der Waals surface area (Å²) in [4.78, 5) is 32.6. The van der Waals surface area contributed by atoms with Crippen LogP contribution in [0.2, 0.25) is 0 Å². The fraction of sp³-hybridized carbons (Fsp3) is 0.192. The highest BCUT2D eigenvalue weighted by molar-refractivity contribution is 6.05. The SMILES string of the molecule is COc1ccc(CCN2C(=O)C(CC(=O)Nc3ccc(F)cc3)n3c2nc2ccccc23)cc1. The number of carbonyl (C=O) groups is 2. The molecule has 4 aromatic rings. The Morgan fingerprint density at radius 3 is 2.53 bits per heavy atom. The Morgan fingerprint density at radius 1 is 1.06 bits per heavy atom. The van der Waals surface area contributed by atoms with Crippen molar-refractivity contribution in [2.45, 2.75) is 18.9 Å². The first-order valence-electron chi connectivity index (χ1n) is 11.0. The van der Waals surface area contributed by atoms with Gasteiger partial charge in [-0.15, -0.1) is 0 Å². The standard InChI is InChI=1S/C26H23FN4O3/c1-34-20-12-6-17(7-13-20)14-15-30-25(33)23(16-24(32)28-19-10-8-18(27)9-11-19)31-22-5-3-2-4-21(22)29-26(30)31/h2-13,23H,14-16H2,1H3,(H,28,32). The van der Waals surface area contributed by atoms with Crippen molar-refractivity contribution in [3.05, 3.63) is 84.2 Å². The second kappa shape index (κ2) is 8.97. The molecule has 0 saturated carbocycles. The monoisotopic (exact) mass is 458 g/mol. The summed E-state index contributed by atoms with van der Waals surface area (Å²) < 4.78 is 20.2. The number of hydrogen-bond acceptors (Lipinski definition) is 4. The van der Waals surface area contributed by atoms with Gasteiger partial charge in [-0.3, -0.25) is 19.1 Å². The van der Waals surface area contributed by atoms with E-state index in [4.69, 9.17) is 9.72 Å². The molecule has 0 fully saturated rings. The molecule has 1 aromatic heterocycles. The molecule has 8 heteroatoms. The molecule has 7 nitrogen and oxygen atoms in total. The molecule has 172 valence electrons. The van der Waals surface area contributed by atoms with Gasteiger partial charge in [0, 0.05) is 12.2 Å². The van der Waals surface area contributed by atoms with Crippen molar-refractivity contribution < 1.29 is 18.7 Å². The first-order valence-corrected chi connectivity index (χ1v) is 11.0. The molecule has 34 heavy (non-hydrogen) atoms. The summed E-state index contributed by atoms with van der Waals surface area (Å²) >= 11 is 0. The average molecular weight is 458 g/mol. The fourth-order valence-electron chi connectivity index (χ4n) is 4.26. The first-order chi connectivity index (χ1) is 16.5. The van der Waals surface area contributed by atoms with Crippen LogP contribution in [-0.2, 0) is 16.0 Å². The highest BCUT2D eigenvalue weighted by Gasteiger charge is 2.40. The van der Waals surface area contributed by atoms with E-state index < -0.39 is 6.04 Å². The zero-order valence-electron chi connectivity index (χ0n) is 18.6. The number of para-hydroxylation sites is 2. The Morgan fingerprint density at radius 2 is 1.79 bits per heavy atom. The average Bonchev–Trinajstić information content (AvgIpc) is 3.34. The molecule has 1 unspecified atom stereocenters. The molecule has 0 radical (unpaired) electrons. The molecule has 0 saturated heterocycles. The number of anilines is 2. The molecular weight excluding hydrogens is 435 g/mol. The molecule has 0 spiro atoms. The van der Waals surface area contributed by atoms with Gasteiger partial charge in [0.25, 0.3) is 5.91 Å². The first kappa shape index (κ1) is 21.6. The number of amides is 2. The third-order valence-electron chi connectivity index (χ3n) is 5.97. The Hall–Kier alpha value is -4.20. The Kier molecular flexibility index (Phi) is 5.71. The number of halogens is 1. The number of ether oxygens (including phenoxy) is 1. The number of rotatable bonds is 7. The topological polar surface area (TPSA) is 76.5 Å². The molecule has 1 atom stereocenters. The second-order valence-electron chi connectivity index (χ2n) is 8.13. The van der Waals surface area contributed by atoms with Gasteiger partial charge in [-0.1, -0.05) is 24.3 Å². The van der Waals surface area contributed by atoms with Crippen LogP contribution in [0, 0.1) is 5.82 Å². The minimum atomic E-state index is -0.710. The minimum Gasteiger partial charge on any atom is -0.497 e. The highest BCUT2D eigenvalue weighted by Crippen LogP contribution is 2.36. The van der Waals surface area contributed by atoms with E-state index in [-0.39, 0.29) is 24.1 Å². The van der Waals surface area contributed by atoms with Gasteiger partial charge >= 0.3 is 0 Å². The molecule has 1 aliphatic rings. The van der Waals surface area contributed by atoms with Gasteiger partial charge in [-0.05, 0) is 60.5 Å². The molecule has 3 aromatic carbocycles. The third kappa shape index (κ3) is 4.10. The lowest BCUT2D eigenvalue weighted by Gasteiger charge is -2.16. The van der Waals surface area contributed by atoms with Crippen molar-refractivity contribution >= 4 is 34.5 Å². The molecule has 0 bridgehead atoms. The van der Waals surface area contributed by atoms with Crippen molar-refractivity contribution in [2.24, 2.45) is 0 Å². The number of methoxy groups -OCH3 is 1. The van der Waals surface area contributed by atoms with E-state index in [1.54, 1.807) is 12.0 Å². The summed E-state index contributed by atoms with van der Waals surface area (Å²) in [7, 11) is 1.62. The zero-order chi connectivity index (χ0) is 23.7. The maximum absolute atomic E-state index is 13.4. The maximum atomic E-state index is 13.4. The van der Waals surface area contributed by atoms with Gasteiger partial charge in [0.2, 0.25) is 11.9 Å². The summed E-state index contributed by atoms with van der Waals surface area (Å²) in [5.41, 5.74) is 3.11. The lowest BCUT2D eigenvalue weighted by atomic mass is 10.1. The summed E-state index contributed by atoms with van der Waals surface area (Å²) in [6, 6.07) is 20.1. The maximum Gasteiger partial charge on any atom is 0.253 e. The van der Waals surface area contributed by atoms with Gasteiger partial charge in [-0.25, -0.2) is 9.37 Å². The predicted molar refractivity (Wildman–Crippen MR) is 127 cm³/mol. The second-order valence-corrected chi connectivity index (χ2v) is 8.13. The molecule has 2 heterocycles. The zero-order valence-corrected chi connectivity index (χ0v) is 18.6. The molecular formula is C26H23FN4O3. The third-order valence-corrected chi connectivity index (χ3v) is 5.97. The molecule has 0 aliphatic carbocycles. The van der Waals surface area contributed by atoms with Gasteiger partial charge < -0.3 is 10.1 Å². The van der Waals surface area contributed by atoms with Gasteiger partial charge in [0.05, 0.1) is 24.6 Å². The molecule has 2 amide bonds. The van der Waals surface area contributed by atoms with Gasteiger partial charge in [-0.2, -0.15) is 0 Å². The van der Waals surface area contributed by atoms with Crippen LogP contribution in [-0.4, -0.2) is 35.0 Å². The van der Waals surface area contributed by atoms with Crippen molar-refractivity contribution in [3.63, 3.8) is 0 Å². The van der Waals surface area contributed by atoms with E-state index in [1.165, 1.54) is 24.3 Å². The van der Waals surface area contributed by atoms with Crippen LogP contribution in [0.5, 0.6) is 5.75 Å². The van der Waals surface area contributed by atoms with E-state index >= 15 is 0 Å². The van der Waals surface area contributed by atoms with Crippen molar-refractivity contribution in [3.8, 4) is 5.75 Å². The highest BCUT2D eigenvalue weighted by atomic mass is 19.1. The van der Waals surface area contributed by atoms with E-state index in [2.05, 4.69) is 5.32 Å². The van der Waals surface area contributed by atoms with E-state index in [1.807, 2.05) is 53.1 Å². The summed E-state index contributed by atoms with van der Waals surface area (Å²) in [5, 5.41) is 2.75. The van der Waals surface area contributed by atoms with E-state index in [0.29, 0.717) is 24.6 Å². The normalized spacial score (nSPS) is 14.9. The fourth-order valence-corrected chi connectivity index (χ4v) is 4.26. The van der Waals surface area contributed by atoms with Crippen LogP contribution in [0.3, 0.4) is 0 Å². The van der Waals surface area contributed by atoms with E-state index in [0.717, 1.165) is 22.3 Å². The number of aromatic nitrogens is 2. The number of imidazole rings is 1. The number of nitrogens with one attached hydrogen (secondary N) is 1. The van der Waals surface area contributed by atoms with Gasteiger partial charge in [0.15, 0.2) is 0 Å². The number of nitrogens with zero attached hydrogens (tertiary/aromatic N) is 3. The Labute approximate surface area is 195 Å². The number of benzene rings is 3. The minimum absolute atomic E-state index is 0.0530. The van der Waals surface area contributed by atoms with Crippen LogP contribution in [0.4, 0.5) is 16.0 Å². The van der Waals surface area contributed by atoms with Gasteiger partial charge in [0.1, 0.15) is 17.6 Å².